The summed E-state index contributed by atoms with van der Waals surface area (Å²) in [4.78, 5) is 35.8. The van der Waals surface area contributed by atoms with E-state index < -0.39 is 6.09 Å². The molecule has 3 rings (SSSR count). The normalized spacial score (nSPS) is 16.5. The van der Waals surface area contributed by atoms with Gasteiger partial charge in [0, 0.05) is 30.6 Å². The van der Waals surface area contributed by atoms with Gasteiger partial charge in [-0.25, -0.2) is 14.8 Å². The first-order valence-corrected chi connectivity index (χ1v) is 6.47. The molecule has 0 aromatic carbocycles. The highest BCUT2D eigenvalue weighted by molar-refractivity contribution is 6.06. The fraction of sp³-hybridized carbons (Fsp3) is 0.385. The van der Waals surface area contributed by atoms with E-state index in [-0.39, 0.29) is 11.7 Å². The summed E-state index contributed by atoms with van der Waals surface area (Å²) in [5.41, 5.74) is 1.07. The molecule has 1 aliphatic rings. The second-order valence-corrected chi connectivity index (χ2v) is 4.87. The zero-order valence-corrected chi connectivity index (χ0v) is 10.7. The number of ketones is 1. The molecular weight excluding hydrogens is 260 g/mol. The van der Waals surface area contributed by atoms with Crippen LogP contribution in [0.4, 0.5) is 4.79 Å². The van der Waals surface area contributed by atoms with Gasteiger partial charge in [-0.1, -0.05) is 0 Å². The number of carbonyl (C=O) groups is 2. The van der Waals surface area contributed by atoms with Gasteiger partial charge in [0.15, 0.2) is 5.78 Å². The predicted molar refractivity (Wildman–Crippen MR) is 70.5 cm³/mol. The van der Waals surface area contributed by atoms with Crippen LogP contribution in [0, 0.1) is 5.92 Å². The van der Waals surface area contributed by atoms with Gasteiger partial charge in [-0.2, -0.15) is 0 Å². The van der Waals surface area contributed by atoms with E-state index in [0.29, 0.717) is 37.3 Å². The van der Waals surface area contributed by atoms with Crippen molar-refractivity contribution >= 4 is 22.9 Å². The third-order valence-electron chi connectivity index (χ3n) is 3.72. The number of Topliss-reactive ketones (excluding diaryl/α,β-unsaturated/α-hetero) is 1. The minimum Gasteiger partial charge on any atom is -0.465 e. The predicted octanol–water partition coefficient (Wildman–Crippen LogP) is 1.53. The fourth-order valence-electron chi connectivity index (χ4n) is 2.60. The van der Waals surface area contributed by atoms with Crippen molar-refractivity contribution < 1.29 is 14.7 Å². The number of nitrogens with one attached hydrogen (secondary N) is 1. The lowest BCUT2D eigenvalue weighted by Crippen LogP contribution is -2.39. The molecule has 2 N–H and O–H groups in total. The maximum atomic E-state index is 12.5. The van der Waals surface area contributed by atoms with Crippen molar-refractivity contribution in [3.05, 3.63) is 24.3 Å². The van der Waals surface area contributed by atoms with Gasteiger partial charge in [-0.15, -0.1) is 0 Å². The first kappa shape index (κ1) is 12.6. The highest BCUT2D eigenvalue weighted by Crippen LogP contribution is 2.24. The Balaban J connectivity index is 1.80. The summed E-state index contributed by atoms with van der Waals surface area (Å²) < 4.78 is 0. The zero-order valence-electron chi connectivity index (χ0n) is 10.7. The molecule has 0 bridgehead atoms. The van der Waals surface area contributed by atoms with Crippen LogP contribution in [0.5, 0.6) is 0 Å². The molecule has 104 valence electrons. The second kappa shape index (κ2) is 4.92. The lowest BCUT2D eigenvalue weighted by atomic mass is 9.90. The van der Waals surface area contributed by atoms with Gasteiger partial charge in [0.1, 0.15) is 17.7 Å². The highest BCUT2D eigenvalue weighted by atomic mass is 16.4. The molecule has 0 spiro atoms. The SMILES string of the molecule is O=C(c1ncnc2[nH]ccc12)C1CCN(C(=O)O)CC1. The van der Waals surface area contributed by atoms with Gasteiger partial charge in [0.25, 0.3) is 0 Å². The Kier molecular flexibility index (Phi) is 3.09. The Bertz CT molecular complexity index is 658. The maximum Gasteiger partial charge on any atom is 0.407 e. The summed E-state index contributed by atoms with van der Waals surface area (Å²) in [6.07, 6.45) is 3.26. The molecule has 1 saturated heterocycles. The van der Waals surface area contributed by atoms with E-state index in [4.69, 9.17) is 5.11 Å². The number of fused-ring (bicyclic) bond motifs is 1. The molecule has 1 fully saturated rings. The van der Waals surface area contributed by atoms with Crippen molar-refractivity contribution in [2.45, 2.75) is 12.8 Å². The van der Waals surface area contributed by atoms with Crippen LogP contribution < -0.4 is 0 Å². The van der Waals surface area contributed by atoms with Crippen molar-refractivity contribution in [1.29, 1.82) is 0 Å². The molecule has 3 heterocycles. The number of H-pyrrole nitrogens is 1. The molecule has 2 aromatic heterocycles. The third kappa shape index (κ3) is 2.11. The zero-order chi connectivity index (χ0) is 14.1. The molecule has 0 radical (unpaired) electrons. The van der Waals surface area contributed by atoms with Crippen LogP contribution in [0.3, 0.4) is 0 Å². The van der Waals surface area contributed by atoms with Gasteiger partial charge in [0.05, 0.1) is 0 Å². The smallest absolute Gasteiger partial charge is 0.407 e. The number of hydrogen-bond donors (Lipinski definition) is 2. The minimum absolute atomic E-state index is 0.0259. The molecule has 7 nitrogen and oxygen atoms in total. The van der Waals surface area contributed by atoms with Crippen molar-refractivity contribution in [3.8, 4) is 0 Å². The monoisotopic (exact) mass is 274 g/mol. The number of nitrogens with zero attached hydrogens (tertiary/aromatic N) is 3. The molecule has 20 heavy (non-hydrogen) atoms. The molecule has 1 aliphatic heterocycles. The maximum absolute atomic E-state index is 12.5. The molecule has 2 aromatic rings. The molecule has 0 aliphatic carbocycles. The van der Waals surface area contributed by atoms with Gasteiger partial charge < -0.3 is 15.0 Å². The molecule has 0 saturated carbocycles. The first-order valence-electron chi connectivity index (χ1n) is 6.47. The van der Waals surface area contributed by atoms with Gasteiger partial charge in [-0.3, -0.25) is 4.79 Å². The summed E-state index contributed by atoms with van der Waals surface area (Å²) in [5.74, 6) is -0.194. The average molecular weight is 274 g/mol. The van der Waals surface area contributed by atoms with E-state index in [9.17, 15) is 9.59 Å². The Hall–Kier alpha value is -2.44. The van der Waals surface area contributed by atoms with Crippen LogP contribution >= 0.6 is 0 Å². The molecule has 0 unspecified atom stereocenters. The van der Waals surface area contributed by atoms with Crippen molar-refractivity contribution in [2.75, 3.05) is 13.1 Å². The quantitative estimate of drug-likeness (QED) is 0.809. The van der Waals surface area contributed by atoms with Crippen LogP contribution in [0.25, 0.3) is 11.0 Å². The minimum atomic E-state index is -0.925. The van der Waals surface area contributed by atoms with Crippen molar-refractivity contribution in [2.24, 2.45) is 5.92 Å². The molecule has 1 amide bonds. The van der Waals surface area contributed by atoms with Crippen molar-refractivity contribution in [3.63, 3.8) is 0 Å². The van der Waals surface area contributed by atoms with Crippen LogP contribution in [0.1, 0.15) is 23.3 Å². The lowest BCUT2D eigenvalue weighted by molar-refractivity contribution is 0.0818. The Labute approximate surface area is 114 Å². The van der Waals surface area contributed by atoms with Crippen LogP contribution in [0.15, 0.2) is 18.6 Å². The number of aromatic nitrogens is 3. The number of rotatable bonds is 2. The van der Waals surface area contributed by atoms with Crippen LogP contribution in [-0.2, 0) is 0 Å². The van der Waals surface area contributed by atoms with Crippen LogP contribution in [0.2, 0.25) is 0 Å². The van der Waals surface area contributed by atoms with E-state index >= 15 is 0 Å². The van der Waals surface area contributed by atoms with Gasteiger partial charge in [-0.05, 0) is 18.9 Å². The number of carbonyl (C=O) groups excluding carboxylic acids is 1. The number of hydrogen-bond acceptors (Lipinski definition) is 4. The first-order chi connectivity index (χ1) is 9.66. The third-order valence-corrected chi connectivity index (χ3v) is 3.72. The summed E-state index contributed by atoms with van der Waals surface area (Å²) >= 11 is 0. The topological polar surface area (TPSA) is 99.2 Å². The average Bonchev–Trinajstić information content (AvgIpc) is 2.95. The number of carboxylic acid groups (broad SMARTS) is 1. The standard InChI is InChI=1S/C13H14N4O3/c18-11(8-2-5-17(6-3-8)13(19)20)10-9-1-4-14-12(9)16-7-15-10/h1,4,7-8H,2-3,5-6H2,(H,19,20)(H,14,15,16). The summed E-state index contributed by atoms with van der Waals surface area (Å²) in [6.45, 7) is 0.792. The van der Waals surface area contributed by atoms with E-state index in [1.54, 1.807) is 12.3 Å². The van der Waals surface area contributed by atoms with Gasteiger partial charge in [0.2, 0.25) is 0 Å². The highest BCUT2D eigenvalue weighted by Gasteiger charge is 2.29. The van der Waals surface area contributed by atoms with E-state index in [1.165, 1.54) is 11.2 Å². The molecule has 7 heteroatoms. The summed E-state index contributed by atoms with van der Waals surface area (Å²) in [5, 5.41) is 9.63. The Morgan fingerprint density at radius 2 is 2.05 bits per heavy atom. The largest absolute Gasteiger partial charge is 0.465 e. The van der Waals surface area contributed by atoms with E-state index in [1.807, 2.05) is 0 Å². The second-order valence-electron chi connectivity index (χ2n) is 4.87. The Morgan fingerprint density at radius 3 is 2.75 bits per heavy atom. The number of aromatic amines is 1. The fourth-order valence-corrected chi connectivity index (χ4v) is 2.60. The van der Waals surface area contributed by atoms with Crippen molar-refractivity contribution in [1.82, 2.24) is 19.9 Å². The number of likely N-dealkylation sites (tertiary alicyclic amines) is 1. The number of piperidine rings is 1. The summed E-state index contributed by atoms with van der Waals surface area (Å²) in [7, 11) is 0. The molecule has 0 atom stereocenters. The number of amides is 1. The van der Waals surface area contributed by atoms with E-state index in [2.05, 4.69) is 15.0 Å². The van der Waals surface area contributed by atoms with Gasteiger partial charge >= 0.3 is 6.09 Å². The van der Waals surface area contributed by atoms with Crippen LogP contribution in [-0.4, -0.2) is 49.9 Å². The van der Waals surface area contributed by atoms with E-state index in [0.717, 1.165) is 5.39 Å². The summed E-state index contributed by atoms with van der Waals surface area (Å²) in [6, 6.07) is 1.79. The lowest BCUT2D eigenvalue weighted by Gasteiger charge is -2.28. The molecular formula is C13H14N4O3. The Morgan fingerprint density at radius 1 is 1.30 bits per heavy atom.